The van der Waals surface area contributed by atoms with E-state index in [1.807, 2.05) is 17.0 Å². The molecule has 0 aliphatic carbocycles. The summed E-state index contributed by atoms with van der Waals surface area (Å²) in [5, 5.41) is 13.6. The second-order valence-corrected chi connectivity index (χ2v) is 7.24. The second kappa shape index (κ2) is 7.62. The Labute approximate surface area is 159 Å². The summed E-state index contributed by atoms with van der Waals surface area (Å²) in [6, 6.07) is 9.04. The van der Waals surface area contributed by atoms with Gasteiger partial charge in [0.05, 0.1) is 10.9 Å². The Hall–Kier alpha value is -3.14. The first-order chi connectivity index (χ1) is 13.2. The molecular formula is C17H17N7O2S. The van der Waals surface area contributed by atoms with Crippen molar-refractivity contribution < 1.29 is 9.59 Å². The van der Waals surface area contributed by atoms with Gasteiger partial charge in [-0.05, 0) is 47.5 Å². The van der Waals surface area contributed by atoms with Crippen LogP contribution in [0.5, 0.6) is 0 Å². The average molecular weight is 383 g/mol. The maximum Gasteiger partial charge on any atom is 0.266 e. The largest absolute Gasteiger partial charge is 0.333 e. The van der Waals surface area contributed by atoms with Crippen molar-refractivity contribution in [3.05, 3.63) is 52.6 Å². The highest BCUT2D eigenvalue weighted by molar-refractivity contribution is 7.14. The van der Waals surface area contributed by atoms with Crippen molar-refractivity contribution in [2.24, 2.45) is 0 Å². The fraction of sp³-hybridized carbons (Fsp3) is 0.294. The standard InChI is InChI=1S/C17H17N7O2S/c25-16(10-23-11-19-21-22-23)24-9-3-4-12(24)13-6-7-14(27-13)17(26)20-15-5-1-2-8-18-15/h1-2,5-8,11-12H,3-4,9-10H2,(H,18,20,26). The molecule has 4 heterocycles. The van der Waals surface area contributed by atoms with Gasteiger partial charge < -0.3 is 10.2 Å². The first kappa shape index (κ1) is 17.3. The highest BCUT2D eigenvalue weighted by atomic mass is 32.1. The third-order valence-electron chi connectivity index (χ3n) is 4.35. The predicted molar refractivity (Wildman–Crippen MR) is 98.0 cm³/mol. The van der Waals surface area contributed by atoms with E-state index in [1.165, 1.54) is 22.3 Å². The Morgan fingerprint density at radius 2 is 2.19 bits per heavy atom. The summed E-state index contributed by atoms with van der Waals surface area (Å²) >= 11 is 1.41. The third-order valence-corrected chi connectivity index (χ3v) is 5.53. The number of rotatable bonds is 5. The predicted octanol–water partition coefficient (Wildman–Crippen LogP) is 1.75. The number of likely N-dealkylation sites (tertiary alicyclic amines) is 1. The molecule has 1 aliphatic heterocycles. The lowest BCUT2D eigenvalue weighted by atomic mass is 10.2. The van der Waals surface area contributed by atoms with E-state index in [-0.39, 0.29) is 24.4 Å². The van der Waals surface area contributed by atoms with E-state index >= 15 is 0 Å². The van der Waals surface area contributed by atoms with Gasteiger partial charge in [-0.2, -0.15) is 0 Å². The Morgan fingerprint density at radius 3 is 2.96 bits per heavy atom. The van der Waals surface area contributed by atoms with Gasteiger partial charge in [0.25, 0.3) is 5.91 Å². The maximum atomic E-state index is 12.6. The Morgan fingerprint density at radius 1 is 1.26 bits per heavy atom. The summed E-state index contributed by atoms with van der Waals surface area (Å²) in [6.07, 6.45) is 4.86. The third kappa shape index (κ3) is 3.85. The Bertz CT molecular complexity index is 926. The molecule has 1 fully saturated rings. The quantitative estimate of drug-likeness (QED) is 0.719. The number of hydrogen-bond acceptors (Lipinski definition) is 7. The zero-order valence-electron chi connectivity index (χ0n) is 14.4. The van der Waals surface area contributed by atoms with Crippen molar-refractivity contribution >= 4 is 29.0 Å². The van der Waals surface area contributed by atoms with Gasteiger partial charge in [-0.25, -0.2) is 9.67 Å². The van der Waals surface area contributed by atoms with Gasteiger partial charge in [0.2, 0.25) is 5.91 Å². The van der Waals surface area contributed by atoms with E-state index in [0.29, 0.717) is 17.2 Å². The molecule has 1 atom stereocenters. The first-order valence-corrected chi connectivity index (χ1v) is 9.35. The summed E-state index contributed by atoms with van der Waals surface area (Å²) < 4.78 is 1.41. The molecule has 27 heavy (non-hydrogen) atoms. The van der Waals surface area contributed by atoms with Gasteiger partial charge in [-0.3, -0.25) is 9.59 Å². The van der Waals surface area contributed by atoms with Crippen molar-refractivity contribution in [2.75, 3.05) is 11.9 Å². The van der Waals surface area contributed by atoms with Crippen LogP contribution in [0.2, 0.25) is 0 Å². The number of thiophene rings is 1. The van der Waals surface area contributed by atoms with Crippen molar-refractivity contribution in [3.63, 3.8) is 0 Å². The number of hydrogen-bond donors (Lipinski definition) is 1. The number of pyridine rings is 1. The van der Waals surface area contributed by atoms with Gasteiger partial charge in [-0.1, -0.05) is 6.07 Å². The topological polar surface area (TPSA) is 106 Å². The first-order valence-electron chi connectivity index (χ1n) is 8.53. The summed E-state index contributed by atoms with van der Waals surface area (Å²) in [6.45, 7) is 0.806. The number of nitrogens with one attached hydrogen (secondary N) is 1. The van der Waals surface area contributed by atoms with Crippen LogP contribution in [0.4, 0.5) is 5.82 Å². The monoisotopic (exact) mass is 383 g/mol. The molecule has 1 N–H and O–H groups in total. The van der Waals surface area contributed by atoms with Gasteiger partial charge in [0.15, 0.2) is 0 Å². The molecule has 2 amide bonds. The van der Waals surface area contributed by atoms with Crippen LogP contribution in [0, 0.1) is 0 Å². The minimum Gasteiger partial charge on any atom is -0.333 e. The van der Waals surface area contributed by atoms with Gasteiger partial charge in [0.1, 0.15) is 18.7 Å². The molecular weight excluding hydrogens is 366 g/mol. The van der Waals surface area contributed by atoms with E-state index in [2.05, 4.69) is 25.8 Å². The molecule has 0 radical (unpaired) electrons. The molecule has 1 saturated heterocycles. The molecule has 0 aromatic carbocycles. The van der Waals surface area contributed by atoms with Crippen LogP contribution in [-0.4, -0.2) is 48.5 Å². The van der Waals surface area contributed by atoms with Crippen molar-refractivity contribution in [1.29, 1.82) is 0 Å². The fourth-order valence-corrected chi connectivity index (χ4v) is 4.16. The number of nitrogens with zero attached hydrogens (tertiary/aromatic N) is 6. The fourth-order valence-electron chi connectivity index (χ4n) is 3.11. The zero-order chi connectivity index (χ0) is 18.6. The summed E-state index contributed by atoms with van der Waals surface area (Å²) in [5.41, 5.74) is 0. The van der Waals surface area contributed by atoms with E-state index in [1.54, 1.807) is 24.4 Å². The Kier molecular flexibility index (Phi) is 4.88. The maximum absolute atomic E-state index is 12.6. The van der Waals surface area contributed by atoms with E-state index in [0.717, 1.165) is 17.7 Å². The van der Waals surface area contributed by atoms with Crippen LogP contribution < -0.4 is 5.32 Å². The van der Waals surface area contributed by atoms with Gasteiger partial charge in [0, 0.05) is 17.6 Å². The van der Waals surface area contributed by atoms with Gasteiger partial charge >= 0.3 is 0 Å². The summed E-state index contributed by atoms with van der Waals surface area (Å²) in [5.74, 6) is 0.281. The molecule has 3 aromatic heterocycles. The second-order valence-electron chi connectivity index (χ2n) is 6.12. The minimum atomic E-state index is -0.200. The molecule has 1 aliphatic rings. The molecule has 9 nitrogen and oxygen atoms in total. The van der Waals surface area contributed by atoms with E-state index in [4.69, 9.17) is 0 Å². The lowest BCUT2D eigenvalue weighted by molar-refractivity contribution is -0.133. The van der Waals surface area contributed by atoms with Crippen LogP contribution in [0.1, 0.15) is 33.4 Å². The van der Waals surface area contributed by atoms with Crippen LogP contribution >= 0.6 is 11.3 Å². The van der Waals surface area contributed by atoms with Crippen molar-refractivity contribution in [3.8, 4) is 0 Å². The number of anilines is 1. The minimum absolute atomic E-state index is 0.0182. The summed E-state index contributed by atoms with van der Waals surface area (Å²) in [7, 11) is 0. The van der Waals surface area contributed by atoms with Crippen LogP contribution in [0.25, 0.3) is 0 Å². The molecule has 3 aromatic rings. The lowest BCUT2D eigenvalue weighted by Gasteiger charge is -2.23. The molecule has 0 spiro atoms. The summed E-state index contributed by atoms with van der Waals surface area (Å²) in [4.78, 5) is 32.6. The van der Waals surface area contributed by atoms with E-state index in [9.17, 15) is 9.59 Å². The number of carbonyl (C=O) groups excluding carboxylic acids is 2. The SMILES string of the molecule is O=C(Nc1ccccn1)c1ccc(C2CCCN2C(=O)Cn2cnnn2)s1. The Balaban J connectivity index is 1.45. The van der Waals surface area contributed by atoms with Crippen molar-refractivity contribution in [1.82, 2.24) is 30.1 Å². The highest BCUT2D eigenvalue weighted by Gasteiger charge is 2.31. The molecule has 4 rings (SSSR count). The average Bonchev–Trinajstić information content (AvgIpc) is 3.43. The smallest absolute Gasteiger partial charge is 0.266 e. The van der Waals surface area contributed by atoms with Crippen LogP contribution in [-0.2, 0) is 11.3 Å². The lowest BCUT2D eigenvalue weighted by Crippen LogP contribution is -2.33. The van der Waals surface area contributed by atoms with Crippen molar-refractivity contribution in [2.45, 2.75) is 25.4 Å². The van der Waals surface area contributed by atoms with Gasteiger partial charge in [-0.15, -0.1) is 16.4 Å². The highest BCUT2D eigenvalue weighted by Crippen LogP contribution is 2.36. The number of amides is 2. The van der Waals surface area contributed by atoms with E-state index < -0.39 is 0 Å². The normalized spacial score (nSPS) is 16.4. The molecule has 0 bridgehead atoms. The molecule has 0 saturated carbocycles. The number of tetrazole rings is 1. The number of aromatic nitrogens is 5. The molecule has 1 unspecified atom stereocenters. The molecule has 138 valence electrons. The zero-order valence-corrected chi connectivity index (χ0v) is 15.2. The van der Waals surface area contributed by atoms with Crippen LogP contribution in [0.15, 0.2) is 42.9 Å². The van der Waals surface area contributed by atoms with Crippen LogP contribution in [0.3, 0.4) is 0 Å². The number of carbonyl (C=O) groups is 2. The molecule has 10 heteroatoms.